The average molecular weight is 291 g/mol. The Hall–Kier alpha value is -0.610. The van der Waals surface area contributed by atoms with Crippen LogP contribution in [0.4, 0.5) is 0 Å². The number of carbonyl (C=O) groups is 1. The third-order valence-electron chi connectivity index (χ3n) is 6.97. The number of epoxide rings is 1. The number of carbonyl (C=O) groups excluding carboxylic acids is 1. The number of nitrogens with zero attached hydrogens (tertiary/aromatic N) is 1. The molecule has 2 spiro atoms. The number of likely N-dealkylation sites (tertiary alicyclic amines) is 1. The van der Waals surface area contributed by atoms with E-state index in [1.54, 1.807) is 6.92 Å². The molecule has 1 saturated carbocycles. The first-order chi connectivity index (χ1) is 10.1. The molecule has 4 heteroatoms. The van der Waals surface area contributed by atoms with Crippen molar-refractivity contribution in [3.05, 3.63) is 0 Å². The van der Waals surface area contributed by atoms with Gasteiger partial charge in [0.05, 0.1) is 12.6 Å². The summed E-state index contributed by atoms with van der Waals surface area (Å²) in [5.74, 6) is 0.848. The molecule has 0 N–H and O–H groups in total. The fourth-order valence-electron chi connectivity index (χ4n) is 6.01. The smallest absolute Gasteiger partial charge is 0.220 e. The number of hydrogen-bond acceptors (Lipinski definition) is 3. The highest BCUT2D eigenvalue weighted by Gasteiger charge is 2.76. The molecule has 1 aliphatic carbocycles. The summed E-state index contributed by atoms with van der Waals surface area (Å²) in [6, 6.07) is 0. The first kappa shape index (κ1) is 12.9. The van der Waals surface area contributed by atoms with Crippen molar-refractivity contribution in [3.63, 3.8) is 0 Å². The van der Waals surface area contributed by atoms with E-state index < -0.39 is 0 Å². The van der Waals surface area contributed by atoms with E-state index in [1.807, 2.05) is 0 Å². The minimum Gasteiger partial charge on any atom is -0.364 e. The molecule has 4 heterocycles. The van der Waals surface area contributed by atoms with Gasteiger partial charge in [-0.1, -0.05) is 25.7 Å². The Bertz CT molecular complexity index is 484. The van der Waals surface area contributed by atoms with Gasteiger partial charge < -0.3 is 14.4 Å². The molecular weight excluding hydrogens is 266 g/mol. The van der Waals surface area contributed by atoms with Crippen LogP contribution in [0.1, 0.15) is 58.3 Å². The highest BCUT2D eigenvalue weighted by molar-refractivity contribution is 5.74. The maximum Gasteiger partial charge on any atom is 0.220 e. The summed E-state index contributed by atoms with van der Waals surface area (Å²) in [7, 11) is 0. The van der Waals surface area contributed by atoms with E-state index in [1.165, 1.54) is 38.5 Å². The van der Waals surface area contributed by atoms with Crippen LogP contribution in [0.15, 0.2) is 0 Å². The Kier molecular flexibility index (Phi) is 2.47. The second-order valence-corrected chi connectivity index (χ2v) is 8.01. The molecule has 0 aromatic carbocycles. The zero-order chi connectivity index (χ0) is 14.2. The highest BCUT2D eigenvalue weighted by Crippen LogP contribution is 2.63. The predicted octanol–water partition coefficient (Wildman–Crippen LogP) is 2.26. The van der Waals surface area contributed by atoms with E-state index in [9.17, 15) is 4.79 Å². The summed E-state index contributed by atoms with van der Waals surface area (Å²) in [4.78, 5) is 14.6. The fraction of sp³-hybridized carbons (Fsp3) is 0.941. The Labute approximate surface area is 126 Å². The minimum absolute atomic E-state index is 0.122. The van der Waals surface area contributed by atoms with Crippen molar-refractivity contribution in [2.24, 2.45) is 5.92 Å². The molecule has 116 valence electrons. The molecule has 0 aromatic rings. The zero-order valence-corrected chi connectivity index (χ0v) is 12.8. The number of hydrogen-bond donors (Lipinski definition) is 0. The summed E-state index contributed by atoms with van der Waals surface area (Å²) in [5.41, 5.74) is -0.0327. The lowest BCUT2D eigenvalue weighted by atomic mass is 9.65. The van der Waals surface area contributed by atoms with Gasteiger partial charge in [-0.2, -0.15) is 0 Å². The van der Waals surface area contributed by atoms with Crippen molar-refractivity contribution < 1.29 is 14.3 Å². The molecule has 0 unspecified atom stereocenters. The number of amides is 1. The van der Waals surface area contributed by atoms with E-state index in [0.29, 0.717) is 18.1 Å². The van der Waals surface area contributed by atoms with Crippen LogP contribution in [0.3, 0.4) is 0 Å². The molecule has 4 aliphatic heterocycles. The van der Waals surface area contributed by atoms with Crippen molar-refractivity contribution >= 4 is 5.91 Å². The minimum atomic E-state index is -0.154. The largest absolute Gasteiger partial charge is 0.364 e. The van der Waals surface area contributed by atoms with Gasteiger partial charge in [0.15, 0.2) is 0 Å². The Balaban J connectivity index is 1.51. The molecule has 0 radical (unpaired) electrons. The Morgan fingerprint density at radius 1 is 1.19 bits per heavy atom. The van der Waals surface area contributed by atoms with E-state index in [0.717, 1.165) is 19.4 Å². The molecule has 2 bridgehead atoms. The van der Waals surface area contributed by atoms with Crippen molar-refractivity contribution in [2.75, 3.05) is 6.54 Å². The standard InChI is InChI=1S/C17H25NO3/c1-11(19)18-10-17-12(8-13(21-17)14-15(17)20-14)9-16(18)6-4-2-3-5-7-16/h12-15H,2-10H2,1H3/t12-,13-,14-,15-,17+/m0/s1. The maximum atomic E-state index is 12.4. The van der Waals surface area contributed by atoms with Crippen LogP contribution in [0.2, 0.25) is 0 Å². The molecule has 5 atom stereocenters. The highest BCUT2D eigenvalue weighted by atomic mass is 16.7. The van der Waals surface area contributed by atoms with Crippen molar-refractivity contribution in [1.82, 2.24) is 4.90 Å². The first-order valence-corrected chi connectivity index (χ1v) is 8.76. The van der Waals surface area contributed by atoms with Gasteiger partial charge in [0.25, 0.3) is 0 Å². The van der Waals surface area contributed by atoms with Gasteiger partial charge in [0.2, 0.25) is 5.91 Å². The topological polar surface area (TPSA) is 42.1 Å². The molecule has 4 nitrogen and oxygen atoms in total. The summed E-state index contributed by atoms with van der Waals surface area (Å²) < 4.78 is 12.2. The van der Waals surface area contributed by atoms with Crippen LogP contribution < -0.4 is 0 Å². The first-order valence-electron chi connectivity index (χ1n) is 8.76. The normalized spacial score (nSPS) is 49.7. The lowest BCUT2D eigenvalue weighted by molar-refractivity contribution is -0.164. The quantitative estimate of drug-likeness (QED) is 0.643. The number of piperidine rings is 1. The average Bonchev–Trinajstić information content (AvgIpc) is 3.17. The second kappa shape index (κ2) is 4.02. The third-order valence-corrected chi connectivity index (χ3v) is 6.97. The van der Waals surface area contributed by atoms with Gasteiger partial charge in [-0.3, -0.25) is 4.79 Å². The van der Waals surface area contributed by atoms with Gasteiger partial charge in [-0.25, -0.2) is 0 Å². The molecule has 5 fully saturated rings. The molecule has 21 heavy (non-hydrogen) atoms. The molecule has 5 rings (SSSR count). The van der Waals surface area contributed by atoms with Gasteiger partial charge in [0, 0.05) is 12.5 Å². The number of fused-ring (bicyclic) bond motifs is 3. The molecule has 0 aromatic heterocycles. The van der Waals surface area contributed by atoms with Gasteiger partial charge in [-0.05, 0) is 31.6 Å². The monoisotopic (exact) mass is 291 g/mol. The lowest BCUT2D eigenvalue weighted by Crippen LogP contribution is -2.65. The third kappa shape index (κ3) is 1.56. The number of ether oxygens (including phenoxy) is 2. The van der Waals surface area contributed by atoms with Gasteiger partial charge in [0.1, 0.15) is 17.8 Å². The van der Waals surface area contributed by atoms with Crippen molar-refractivity contribution in [2.45, 2.75) is 87.7 Å². The summed E-state index contributed by atoms with van der Waals surface area (Å²) in [5, 5.41) is 0. The van der Waals surface area contributed by atoms with Crippen LogP contribution in [-0.4, -0.2) is 46.8 Å². The van der Waals surface area contributed by atoms with Crippen LogP contribution in [0.25, 0.3) is 0 Å². The Morgan fingerprint density at radius 3 is 2.62 bits per heavy atom. The van der Waals surface area contributed by atoms with E-state index in [2.05, 4.69) is 4.90 Å². The number of rotatable bonds is 0. The van der Waals surface area contributed by atoms with Crippen LogP contribution in [0.5, 0.6) is 0 Å². The predicted molar refractivity (Wildman–Crippen MR) is 76.8 cm³/mol. The SMILES string of the molecule is CC(=O)N1C[C@@]23O[C@@H](C[C@H]2CC12CCCCCC2)[C@@H]1O[C@@H]13. The maximum absolute atomic E-state index is 12.4. The molecule has 1 amide bonds. The summed E-state index contributed by atoms with van der Waals surface area (Å²) >= 11 is 0. The molecule has 4 saturated heterocycles. The van der Waals surface area contributed by atoms with Crippen LogP contribution in [0, 0.1) is 5.92 Å². The molecule has 5 aliphatic rings. The zero-order valence-electron chi connectivity index (χ0n) is 12.8. The van der Waals surface area contributed by atoms with Crippen molar-refractivity contribution in [1.29, 1.82) is 0 Å². The summed E-state index contributed by atoms with van der Waals surface area (Å²) in [6.07, 6.45) is 10.8. The molecular formula is C17H25NO3. The lowest BCUT2D eigenvalue weighted by Gasteiger charge is -2.54. The van der Waals surface area contributed by atoms with E-state index in [-0.39, 0.29) is 23.2 Å². The van der Waals surface area contributed by atoms with Crippen LogP contribution in [-0.2, 0) is 14.3 Å². The van der Waals surface area contributed by atoms with Crippen molar-refractivity contribution in [3.8, 4) is 0 Å². The Morgan fingerprint density at radius 2 is 1.95 bits per heavy atom. The van der Waals surface area contributed by atoms with E-state index in [4.69, 9.17) is 9.47 Å². The van der Waals surface area contributed by atoms with Crippen LogP contribution >= 0.6 is 0 Å². The second-order valence-electron chi connectivity index (χ2n) is 8.01. The van der Waals surface area contributed by atoms with E-state index >= 15 is 0 Å². The summed E-state index contributed by atoms with van der Waals surface area (Å²) in [6.45, 7) is 2.53. The fourth-order valence-corrected chi connectivity index (χ4v) is 6.01. The van der Waals surface area contributed by atoms with Gasteiger partial charge >= 0.3 is 0 Å². The van der Waals surface area contributed by atoms with Gasteiger partial charge in [-0.15, -0.1) is 0 Å².